The molecule has 188 valence electrons. The number of halogens is 3. The molecule has 0 aromatic rings. The van der Waals surface area contributed by atoms with Gasteiger partial charge in [-0.1, -0.05) is 13.8 Å². The Morgan fingerprint density at radius 1 is 1.32 bits per heavy atom. The highest BCUT2D eigenvalue weighted by molar-refractivity contribution is 5.94. The molecule has 3 fully saturated rings. The van der Waals surface area contributed by atoms with E-state index in [-0.39, 0.29) is 36.1 Å². The molecule has 34 heavy (non-hydrogen) atoms. The van der Waals surface area contributed by atoms with E-state index in [1.807, 2.05) is 19.9 Å². The molecule has 2 saturated heterocycles. The number of rotatable bonds is 8. The third-order valence-corrected chi connectivity index (χ3v) is 7.11. The number of fused-ring (bicyclic) bond motifs is 1. The van der Waals surface area contributed by atoms with Crippen molar-refractivity contribution in [3.8, 4) is 6.07 Å². The molecular formula is C21H28F3N5O5. The van der Waals surface area contributed by atoms with Crippen molar-refractivity contribution < 1.29 is 37.1 Å². The molecule has 3 rings (SSSR count). The van der Waals surface area contributed by atoms with Crippen LogP contribution in [0.15, 0.2) is 0 Å². The minimum Gasteiger partial charge on any atom is -0.382 e. The lowest BCUT2D eigenvalue weighted by Crippen LogP contribution is -2.59. The molecule has 6 atom stereocenters. The quantitative estimate of drug-likeness (QED) is 0.429. The van der Waals surface area contributed by atoms with Gasteiger partial charge in [-0.05, 0) is 30.1 Å². The van der Waals surface area contributed by atoms with Gasteiger partial charge in [0.1, 0.15) is 18.1 Å². The molecule has 1 saturated carbocycles. The van der Waals surface area contributed by atoms with Crippen LogP contribution in [0, 0.1) is 34.5 Å². The Morgan fingerprint density at radius 3 is 2.53 bits per heavy atom. The summed E-state index contributed by atoms with van der Waals surface area (Å²) in [4.78, 5) is 50.8. The second-order valence-corrected chi connectivity index (χ2v) is 9.57. The van der Waals surface area contributed by atoms with Crippen molar-refractivity contribution in [1.29, 1.82) is 5.26 Å². The van der Waals surface area contributed by atoms with Crippen molar-refractivity contribution >= 4 is 23.6 Å². The lowest BCUT2D eigenvalue weighted by atomic mass is 9.97. The third-order valence-electron chi connectivity index (χ3n) is 7.11. The predicted octanol–water partition coefficient (Wildman–Crippen LogP) is -0.303. The highest BCUT2D eigenvalue weighted by atomic mass is 19.4. The van der Waals surface area contributed by atoms with Crippen molar-refractivity contribution in [1.82, 2.24) is 20.9 Å². The van der Waals surface area contributed by atoms with Crippen LogP contribution in [0.25, 0.3) is 0 Å². The summed E-state index contributed by atoms with van der Waals surface area (Å²) < 4.78 is 43.1. The Kier molecular flexibility index (Phi) is 7.12. The number of hydrogen-bond donors (Lipinski definition) is 3. The number of carbonyl (C=O) groups excluding carboxylic acids is 4. The number of carbonyl (C=O) groups is 4. The van der Waals surface area contributed by atoms with Crippen molar-refractivity contribution in [2.45, 2.75) is 51.0 Å². The number of alkyl halides is 3. The number of nitrogens with zero attached hydrogens (tertiary/aromatic N) is 2. The zero-order valence-corrected chi connectivity index (χ0v) is 19.1. The molecule has 1 aliphatic carbocycles. The number of methoxy groups -OCH3 is 1. The standard InChI is InChI=1S/C21H28F3N5O5/c1-20(2)12-8-29(18(32)13(9-34-3)28-19(33)21(22,23)24)15(14(12)20)17(31)27-11(7-25)6-10-4-5-26-16(10)30/h10-15H,4-6,8-9H2,1-3H3,(H,26,30)(H,27,31)(H,28,33)/t10-,11?,12-,13?,14-,15-/m0/s1. The maximum absolute atomic E-state index is 13.2. The van der Waals surface area contributed by atoms with Gasteiger partial charge in [0, 0.05) is 26.1 Å². The minimum atomic E-state index is -5.19. The summed E-state index contributed by atoms with van der Waals surface area (Å²) in [6, 6.07) is -1.67. The van der Waals surface area contributed by atoms with Crippen LogP contribution in [0.4, 0.5) is 13.2 Å². The highest BCUT2D eigenvalue weighted by Gasteiger charge is 2.69. The molecule has 0 aromatic carbocycles. The maximum atomic E-state index is 13.2. The van der Waals surface area contributed by atoms with Crippen LogP contribution in [-0.4, -0.2) is 79.6 Å². The molecule has 0 bridgehead atoms. The first kappa shape index (κ1) is 25.7. The SMILES string of the molecule is COCC(NC(=O)C(F)(F)F)C(=O)N1C[C@H]2[C@@H]([C@H]1C(=O)NC(C#N)C[C@@H]1CCNC1=O)C2(C)C. The summed E-state index contributed by atoms with van der Waals surface area (Å²) in [7, 11) is 1.17. The minimum absolute atomic E-state index is 0.0603. The van der Waals surface area contributed by atoms with Gasteiger partial charge in [0.15, 0.2) is 0 Å². The number of ether oxygens (including phenoxy) is 1. The van der Waals surface area contributed by atoms with Crippen LogP contribution < -0.4 is 16.0 Å². The summed E-state index contributed by atoms with van der Waals surface area (Å²) in [6.07, 6.45) is -4.54. The number of hydrogen-bond acceptors (Lipinski definition) is 6. The number of amides is 4. The van der Waals surface area contributed by atoms with Crippen LogP contribution in [0.3, 0.4) is 0 Å². The molecule has 2 unspecified atom stereocenters. The zero-order valence-electron chi connectivity index (χ0n) is 19.1. The van der Waals surface area contributed by atoms with Gasteiger partial charge in [-0.3, -0.25) is 19.2 Å². The predicted molar refractivity (Wildman–Crippen MR) is 109 cm³/mol. The molecule has 2 aliphatic heterocycles. The van der Waals surface area contributed by atoms with Crippen LogP contribution in [0.2, 0.25) is 0 Å². The van der Waals surface area contributed by atoms with E-state index in [1.165, 1.54) is 7.11 Å². The fourth-order valence-corrected chi connectivity index (χ4v) is 5.15. The largest absolute Gasteiger partial charge is 0.471 e. The van der Waals surface area contributed by atoms with E-state index >= 15 is 0 Å². The van der Waals surface area contributed by atoms with Crippen LogP contribution in [0.1, 0.15) is 26.7 Å². The van der Waals surface area contributed by atoms with Crippen LogP contribution in [-0.2, 0) is 23.9 Å². The zero-order chi connectivity index (χ0) is 25.4. The summed E-state index contributed by atoms with van der Waals surface area (Å²) in [5.74, 6) is -4.70. The summed E-state index contributed by atoms with van der Waals surface area (Å²) >= 11 is 0. The van der Waals surface area contributed by atoms with Crippen LogP contribution >= 0.6 is 0 Å². The fraction of sp³-hybridized carbons (Fsp3) is 0.762. The number of likely N-dealkylation sites (tertiary alicyclic amines) is 1. The first-order valence-corrected chi connectivity index (χ1v) is 11.0. The van der Waals surface area contributed by atoms with E-state index in [2.05, 4.69) is 10.6 Å². The van der Waals surface area contributed by atoms with E-state index in [0.29, 0.717) is 13.0 Å². The number of nitriles is 1. The normalized spacial score (nSPS) is 28.9. The first-order valence-electron chi connectivity index (χ1n) is 11.0. The summed E-state index contributed by atoms with van der Waals surface area (Å²) in [5.41, 5.74) is -0.280. The van der Waals surface area contributed by atoms with Crippen LogP contribution in [0.5, 0.6) is 0 Å². The van der Waals surface area contributed by atoms with E-state index in [4.69, 9.17) is 4.74 Å². The molecule has 13 heteroatoms. The van der Waals surface area contributed by atoms with Crippen molar-refractivity contribution in [3.05, 3.63) is 0 Å². The molecule has 2 heterocycles. The third kappa shape index (κ3) is 4.96. The lowest BCUT2D eigenvalue weighted by molar-refractivity contribution is -0.175. The molecule has 3 N–H and O–H groups in total. The average molecular weight is 487 g/mol. The van der Waals surface area contributed by atoms with E-state index in [1.54, 1.807) is 5.32 Å². The highest BCUT2D eigenvalue weighted by Crippen LogP contribution is 2.64. The first-order chi connectivity index (χ1) is 15.8. The van der Waals surface area contributed by atoms with E-state index in [9.17, 15) is 37.6 Å². The Bertz CT molecular complexity index is 902. The molecule has 0 aromatic heterocycles. The second kappa shape index (κ2) is 9.40. The van der Waals surface area contributed by atoms with Gasteiger partial charge in [-0.15, -0.1) is 0 Å². The molecule has 10 nitrogen and oxygen atoms in total. The van der Waals surface area contributed by atoms with Crippen molar-refractivity contribution in [2.75, 3.05) is 26.8 Å². The maximum Gasteiger partial charge on any atom is 0.471 e. The van der Waals surface area contributed by atoms with E-state index < -0.39 is 54.5 Å². The summed E-state index contributed by atoms with van der Waals surface area (Å²) in [6.45, 7) is 3.95. The molecule has 0 radical (unpaired) electrons. The van der Waals surface area contributed by atoms with Crippen molar-refractivity contribution in [3.63, 3.8) is 0 Å². The second-order valence-electron chi connectivity index (χ2n) is 9.57. The smallest absolute Gasteiger partial charge is 0.382 e. The Hall–Kier alpha value is -2.88. The van der Waals surface area contributed by atoms with Gasteiger partial charge in [0.05, 0.1) is 12.7 Å². The van der Waals surface area contributed by atoms with Crippen molar-refractivity contribution in [2.24, 2.45) is 23.2 Å². The van der Waals surface area contributed by atoms with Gasteiger partial charge in [-0.2, -0.15) is 18.4 Å². The Morgan fingerprint density at radius 2 is 2.00 bits per heavy atom. The summed E-state index contributed by atoms with van der Waals surface area (Å²) in [5, 5.41) is 16.4. The monoisotopic (exact) mass is 487 g/mol. The molecule has 4 amide bonds. The van der Waals surface area contributed by atoms with Gasteiger partial charge in [0.25, 0.3) is 0 Å². The topological polar surface area (TPSA) is 141 Å². The van der Waals surface area contributed by atoms with Gasteiger partial charge in [0.2, 0.25) is 17.7 Å². The number of piperidine rings is 1. The number of nitrogens with one attached hydrogen (secondary N) is 3. The molecule has 3 aliphatic rings. The molecular weight excluding hydrogens is 459 g/mol. The van der Waals surface area contributed by atoms with E-state index in [0.717, 1.165) is 4.90 Å². The average Bonchev–Trinajstić information content (AvgIpc) is 3.12. The lowest BCUT2D eigenvalue weighted by Gasteiger charge is -2.33. The van der Waals surface area contributed by atoms with Gasteiger partial charge >= 0.3 is 12.1 Å². The molecule has 0 spiro atoms. The van der Waals surface area contributed by atoms with Gasteiger partial charge in [-0.25, -0.2) is 0 Å². The Balaban J connectivity index is 1.75. The Labute approximate surface area is 194 Å². The fourth-order valence-electron chi connectivity index (χ4n) is 5.15. The van der Waals surface area contributed by atoms with Gasteiger partial charge < -0.3 is 25.6 Å².